The third-order valence-electron chi connectivity index (χ3n) is 5.70. The maximum absolute atomic E-state index is 13.0. The molecule has 4 rings (SSSR count). The van der Waals surface area contributed by atoms with Gasteiger partial charge in [-0.15, -0.1) is 0 Å². The molecule has 146 valence electrons. The van der Waals surface area contributed by atoms with Crippen molar-refractivity contribution in [3.63, 3.8) is 0 Å². The van der Waals surface area contributed by atoms with Crippen LogP contribution in [0.4, 0.5) is 0 Å². The SMILES string of the molecule is Cc1cc2ncc(C(=O)N3CCC(NCc4ccccc4C)CC3)c(C)n2n1. The Kier molecular flexibility index (Phi) is 5.13. The van der Waals surface area contributed by atoms with Gasteiger partial charge in [-0.1, -0.05) is 24.3 Å². The van der Waals surface area contributed by atoms with Crippen molar-refractivity contribution < 1.29 is 4.79 Å². The molecule has 0 bridgehead atoms. The number of rotatable bonds is 4. The summed E-state index contributed by atoms with van der Waals surface area (Å²) in [7, 11) is 0. The first kappa shape index (κ1) is 18.6. The highest BCUT2D eigenvalue weighted by Crippen LogP contribution is 2.18. The number of hydrogen-bond donors (Lipinski definition) is 1. The third-order valence-corrected chi connectivity index (χ3v) is 5.70. The quantitative estimate of drug-likeness (QED) is 0.759. The van der Waals surface area contributed by atoms with Crippen LogP contribution in [0.5, 0.6) is 0 Å². The van der Waals surface area contributed by atoms with Crippen LogP contribution in [0.2, 0.25) is 0 Å². The maximum atomic E-state index is 13.0. The Morgan fingerprint density at radius 1 is 1.18 bits per heavy atom. The summed E-state index contributed by atoms with van der Waals surface area (Å²) >= 11 is 0. The molecule has 6 nitrogen and oxygen atoms in total. The smallest absolute Gasteiger partial charge is 0.257 e. The molecule has 1 aliphatic rings. The van der Waals surface area contributed by atoms with E-state index < -0.39 is 0 Å². The fraction of sp³-hybridized carbons (Fsp3) is 0.409. The van der Waals surface area contributed by atoms with Gasteiger partial charge in [-0.05, 0) is 44.7 Å². The molecule has 0 radical (unpaired) electrons. The van der Waals surface area contributed by atoms with E-state index in [4.69, 9.17) is 0 Å². The molecule has 1 saturated heterocycles. The fourth-order valence-corrected chi connectivity index (χ4v) is 3.89. The zero-order valence-electron chi connectivity index (χ0n) is 16.8. The second-order valence-electron chi connectivity index (χ2n) is 7.69. The van der Waals surface area contributed by atoms with Crippen molar-refractivity contribution >= 4 is 11.6 Å². The molecular weight excluding hydrogens is 350 g/mol. The molecule has 0 atom stereocenters. The molecule has 6 heteroatoms. The van der Waals surface area contributed by atoms with Crippen LogP contribution in [0, 0.1) is 20.8 Å². The second-order valence-corrected chi connectivity index (χ2v) is 7.69. The Hall–Kier alpha value is -2.73. The molecule has 1 aliphatic heterocycles. The highest BCUT2D eigenvalue weighted by atomic mass is 16.2. The fourth-order valence-electron chi connectivity index (χ4n) is 3.89. The van der Waals surface area contributed by atoms with Crippen molar-refractivity contribution in [2.45, 2.75) is 46.2 Å². The maximum Gasteiger partial charge on any atom is 0.257 e. The van der Waals surface area contributed by atoms with Gasteiger partial charge in [0.15, 0.2) is 5.65 Å². The van der Waals surface area contributed by atoms with Gasteiger partial charge in [-0.25, -0.2) is 9.50 Å². The predicted octanol–water partition coefficient (Wildman–Crippen LogP) is 3.05. The van der Waals surface area contributed by atoms with Crippen LogP contribution >= 0.6 is 0 Å². The molecule has 0 aliphatic carbocycles. The number of amides is 1. The summed E-state index contributed by atoms with van der Waals surface area (Å²) in [5, 5.41) is 8.10. The summed E-state index contributed by atoms with van der Waals surface area (Å²) in [5.74, 6) is 0.0532. The predicted molar refractivity (Wildman–Crippen MR) is 109 cm³/mol. The van der Waals surface area contributed by atoms with Crippen LogP contribution in [0.3, 0.4) is 0 Å². The summed E-state index contributed by atoms with van der Waals surface area (Å²) in [6.07, 6.45) is 3.62. The molecule has 0 spiro atoms. The topological polar surface area (TPSA) is 62.5 Å². The van der Waals surface area contributed by atoms with Gasteiger partial charge >= 0.3 is 0 Å². The first-order valence-electron chi connectivity index (χ1n) is 9.92. The lowest BCUT2D eigenvalue weighted by molar-refractivity contribution is 0.0702. The molecule has 1 fully saturated rings. The average Bonchev–Trinajstić information content (AvgIpc) is 3.09. The molecule has 28 heavy (non-hydrogen) atoms. The lowest BCUT2D eigenvalue weighted by Gasteiger charge is -2.33. The largest absolute Gasteiger partial charge is 0.338 e. The van der Waals surface area contributed by atoms with Crippen molar-refractivity contribution in [3.05, 3.63) is 64.6 Å². The van der Waals surface area contributed by atoms with Crippen molar-refractivity contribution in [2.75, 3.05) is 13.1 Å². The van der Waals surface area contributed by atoms with E-state index in [1.807, 2.05) is 24.8 Å². The average molecular weight is 377 g/mol. The molecule has 1 aromatic carbocycles. The minimum atomic E-state index is 0.0532. The first-order chi connectivity index (χ1) is 13.5. The number of carbonyl (C=O) groups excluding carboxylic acids is 1. The van der Waals surface area contributed by atoms with E-state index in [0.717, 1.165) is 49.5 Å². The molecule has 2 aromatic heterocycles. The van der Waals surface area contributed by atoms with Crippen LogP contribution in [0.1, 0.15) is 45.7 Å². The standard InChI is InChI=1S/C22H27N5O/c1-15-6-4-5-7-18(15)13-23-19-8-10-26(11-9-19)22(28)20-14-24-21-12-16(2)25-27(21)17(20)3/h4-7,12,14,19,23H,8-11,13H2,1-3H3. The molecule has 3 heterocycles. The van der Waals surface area contributed by atoms with Crippen molar-refractivity contribution in [2.24, 2.45) is 0 Å². The number of nitrogens with zero attached hydrogens (tertiary/aromatic N) is 4. The number of carbonyl (C=O) groups is 1. The molecule has 1 N–H and O–H groups in total. The number of likely N-dealkylation sites (tertiary alicyclic amines) is 1. The van der Waals surface area contributed by atoms with Gasteiger partial charge in [-0.2, -0.15) is 5.10 Å². The summed E-state index contributed by atoms with van der Waals surface area (Å²) in [6, 6.07) is 10.8. The lowest BCUT2D eigenvalue weighted by atomic mass is 10.0. The Labute approximate surface area is 165 Å². The van der Waals surface area contributed by atoms with E-state index in [-0.39, 0.29) is 5.91 Å². The van der Waals surface area contributed by atoms with Crippen LogP contribution in [-0.2, 0) is 6.54 Å². The third kappa shape index (κ3) is 3.64. The van der Waals surface area contributed by atoms with Crippen molar-refractivity contribution in [1.82, 2.24) is 24.8 Å². The number of piperidine rings is 1. The van der Waals surface area contributed by atoms with Gasteiger partial charge in [0.05, 0.1) is 17.0 Å². The number of aromatic nitrogens is 3. The molecule has 1 amide bonds. The Balaban J connectivity index is 1.38. The highest BCUT2D eigenvalue weighted by molar-refractivity contribution is 5.95. The molecular formula is C22H27N5O. The number of nitrogens with one attached hydrogen (secondary N) is 1. The minimum absolute atomic E-state index is 0.0532. The van der Waals surface area contributed by atoms with Crippen LogP contribution in [0.25, 0.3) is 5.65 Å². The minimum Gasteiger partial charge on any atom is -0.338 e. The number of hydrogen-bond acceptors (Lipinski definition) is 4. The Morgan fingerprint density at radius 2 is 1.93 bits per heavy atom. The zero-order chi connectivity index (χ0) is 19.7. The summed E-state index contributed by atoms with van der Waals surface area (Å²) in [6.45, 7) is 8.42. The van der Waals surface area contributed by atoms with Crippen LogP contribution in [-0.4, -0.2) is 44.5 Å². The van der Waals surface area contributed by atoms with Gasteiger partial charge in [0.2, 0.25) is 0 Å². The number of fused-ring (bicyclic) bond motifs is 1. The van der Waals surface area contributed by atoms with Crippen molar-refractivity contribution in [3.8, 4) is 0 Å². The number of benzene rings is 1. The van der Waals surface area contributed by atoms with E-state index in [0.29, 0.717) is 11.6 Å². The number of aryl methyl sites for hydroxylation is 3. The lowest BCUT2D eigenvalue weighted by Crippen LogP contribution is -2.45. The van der Waals surface area contributed by atoms with Gasteiger partial charge in [-0.3, -0.25) is 4.79 Å². The molecule has 0 saturated carbocycles. The normalized spacial score (nSPS) is 15.3. The Bertz CT molecular complexity index is 1000. The van der Waals surface area contributed by atoms with E-state index in [2.05, 4.69) is 46.6 Å². The van der Waals surface area contributed by atoms with Gasteiger partial charge < -0.3 is 10.2 Å². The summed E-state index contributed by atoms with van der Waals surface area (Å²) in [5.41, 5.74) is 5.83. The first-order valence-corrected chi connectivity index (χ1v) is 9.92. The zero-order valence-corrected chi connectivity index (χ0v) is 16.8. The summed E-state index contributed by atoms with van der Waals surface area (Å²) < 4.78 is 1.76. The van der Waals surface area contributed by atoms with Crippen LogP contribution < -0.4 is 5.32 Å². The second kappa shape index (κ2) is 7.72. The van der Waals surface area contributed by atoms with Gasteiger partial charge in [0, 0.05) is 37.9 Å². The molecule has 0 unspecified atom stereocenters. The monoisotopic (exact) mass is 377 g/mol. The molecule has 3 aromatic rings. The highest BCUT2D eigenvalue weighted by Gasteiger charge is 2.25. The van der Waals surface area contributed by atoms with Gasteiger partial charge in [0.25, 0.3) is 5.91 Å². The Morgan fingerprint density at radius 3 is 2.68 bits per heavy atom. The van der Waals surface area contributed by atoms with E-state index in [1.165, 1.54) is 11.1 Å². The van der Waals surface area contributed by atoms with Crippen molar-refractivity contribution in [1.29, 1.82) is 0 Å². The van der Waals surface area contributed by atoms with E-state index >= 15 is 0 Å². The van der Waals surface area contributed by atoms with Gasteiger partial charge in [0.1, 0.15) is 0 Å². The van der Waals surface area contributed by atoms with E-state index in [1.54, 1.807) is 10.7 Å². The van der Waals surface area contributed by atoms with Crippen LogP contribution in [0.15, 0.2) is 36.5 Å². The van der Waals surface area contributed by atoms with E-state index in [9.17, 15) is 4.79 Å². The summed E-state index contributed by atoms with van der Waals surface area (Å²) in [4.78, 5) is 19.4.